The third-order valence-electron chi connectivity index (χ3n) is 3.36. The summed E-state index contributed by atoms with van der Waals surface area (Å²) in [6, 6.07) is 11.6. The number of hydrogen-bond donors (Lipinski definition) is 1. The molecule has 1 aromatic carbocycles. The van der Waals surface area contributed by atoms with Gasteiger partial charge in [0.25, 0.3) is 0 Å². The van der Waals surface area contributed by atoms with Crippen LogP contribution in [0.3, 0.4) is 0 Å². The van der Waals surface area contributed by atoms with E-state index < -0.39 is 0 Å². The fraction of sp³-hybridized carbons (Fsp3) is 0.111. The predicted molar refractivity (Wildman–Crippen MR) is 103 cm³/mol. The SMILES string of the molecule is Cc1cc(Br)cc(C)c1Oc1ccnc(Nc2ccc(Br)cn2)c1. The summed E-state index contributed by atoms with van der Waals surface area (Å²) < 4.78 is 8.04. The van der Waals surface area contributed by atoms with Gasteiger partial charge in [-0.2, -0.15) is 0 Å². The van der Waals surface area contributed by atoms with Gasteiger partial charge in [0, 0.05) is 27.4 Å². The van der Waals surface area contributed by atoms with E-state index in [0.29, 0.717) is 5.82 Å². The Kier molecular flexibility index (Phi) is 5.16. The van der Waals surface area contributed by atoms with Crippen molar-refractivity contribution in [1.29, 1.82) is 0 Å². The van der Waals surface area contributed by atoms with Gasteiger partial charge < -0.3 is 10.1 Å². The molecule has 122 valence electrons. The molecule has 0 saturated heterocycles. The summed E-state index contributed by atoms with van der Waals surface area (Å²) in [6.45, 7) is 4.05. The van der Waals surface area contributed by atoms with Crippen molar-refractivity contribution in [2.24, 2.45) is 0 Å². The van der Waals surface area contributed by atoms with Gasteiger partial charge in [-0.15, -0.1) is 0 Å². The first kappa shape index (κ1) is 16.9. The van der Waals surface area contributed by atoms with Crippen LogP contribution in [0.5, 0.6) is 11.5 Å². The van der Waals surface area contributed by atoms with Gasteiger partial charge >= 0.3 is 0 Å². The summed E-state index contributed by atoms with van der Waals surface area (Å²) in [5.74, 6) is 2.98. The van der Waals surface area contributed by atoms with Gasteiger partial charge in [-0.25, -0.2) is 9.97 Å². The van der Waals surface area contributed by atoms with Crippen LogP contribution in [-0.2, 0) is 0 Å². The largest absolute Gasteiger partial charge is 0.457 e. The van der Waals surface area contributed by atoms with Crippen LogP contribution in [0.1, 0.15) is 11.1 Å². The number of aryl methyl sites for hydroxylation is 2. The number of pyridine rings is 2. The van der Waals surface area contributed by atoms with Crippen molar-refractivity contribution < 1.29 is 4.74 Å². The van der Waals surface area contributed by atoms with E-state index in [2.05, 4.69) is 47.1 Å². The fourth-order valence-electron chi connectivity index (χ4n) is 2.30. The van der Waals surface area contributed by atoms with Crippen molar-refractivity contribution in [3.63, 3.8) is 0 Å². The average molecular weight is 449 g/mol. The van der Waals surface area contributed by atoms with Crippen molar-refractivity contribution in [1.82, 2.24) is 9.97 Å². The molecule has 0 amide bonds. The molecule has 0 bridgehead atoms. The molecule has 2 heterocycles. The smallest absolute Gasteiger partial charge is 0.135 e. The summed E-state index contributed by atoms with van der Waals surface area (Å²) in [6.07, 6.45) is 3.44. The number of halogens is 2. The van der Waals surface area contributed by atoms with Crippen molar-refractivity contribution in [2.45, 2.75) is 13.8 Å². The van der Waals surface area contributed by atoms with Crippen molar-refractivity contribution in [3.8, 4) is 11.5 Å². The second-order valence-electron chi connectivity index (χ2n) is 5.33. The van der Waals surface area contributed by atoms with E-state index in [1.54, 1.807) is 12.4 Å². The summed E-state index contributed by atoms with van der Waals surface area (Å²) in [5.41, 5.74) is 2.14. The van der Waals surface area contributed by atoms with Crippen LogP contribution in [0, 0.1) is 13.8 Å². The zero-order chi connectivity index (χ0) is 17.1. The Bertz CT molecular complexity index is 843. The average Bonchev–Trinajstić information content (AvgIpc) is 2.53. The lowest BCUT2D eigenvalue weighted by molar-refractivity contribution is 0.474. The second-order valence-corrected chi connectivity index (χ2v) is 7.17. The second kappa shape index (κ2) is 7.32. The highest BCUT2D eigenvalue weighted by molar-refractivity contribution is 9.10. The van der Waals surface area contributed by atoms with Crippen LogP contribution in [0.2, 0.25) is 0 Å². The minimum absolute atomic E-state index is 0.676. The van der Waals surface area contributed by atoms with Crippen molar-refractivity contribution in [2.75, 3.05) is 5.32 Å². The molecule has 0 aliphatic rings. The molecule has 0 fully saturated rings. The standard InChI is InChI=1S/C18H15Br2N3O/c1-11-7-14(20)8-12(2)18(11)24-15-5-6-21-17(9-15)23-16-4-3-13(19)10-22-16/h3-10H,1-2H3,(H,21,22,23). The molecule has 1 N–H and O–H groups in total. The summed E-state index contributed by atoms with van der Waals surface area (Å²) >= 11 is 6.87. The van der Waals surface area contributed by atoms with Crippen LogP contribution in [0.4, 0.5) is 11.6 Å². The van der Waals surface area contributed by atoms with Crippen LogP contribution < -0.4 is 10.1 Å². The lowest BCUT2D eigenvalue weighted by Crippen LogP contribution is -1.97. The number of nitrogens with one attached hydrogen (secondary N) is 1. The molecule has 0 atom stereocenters. The van der Waals surface area contributed by atoms with Crippen LogP contribution >= 0.6 is 31.9 Å². The maximum absolute atomic E-state index is 6.06. The number of hydrogen-bond acceptors (Lipinski definition) is 4. The fourth-order valence-corrected chi connectivity index (χ4v) is 3.22. The molecule has 0 saturated carbocycles. The third kappa shape index (κ3) is 4.13. The minimum Gasteiger partial charge on any atom is -0.457 e. The van der Waals surface area contributed by atoms with Crippen molar-refractivity contribution in [3.05, 3.63) is 68.9 Å². The number of rotatable bonds is 4. The Labute approximate surface area is 157 Å². The van der Waals surface area contributed by atoms with E-state index in [1.807, 2.05) is 50.2 Å². The van der Waals surface area contributed by atoms with E-state index in [1.165, 1.54) is 0 Å². The first-order valence-corrected chi connectivity index (χ1v) is 8.89. The Balaban J connectivity index is 1.82. The molecule has 0 spiro atoms. The lowest BCUT2D eigenvalue weighted by Gasteiger charge is -2.13. The highest BCUT2D eigenvalue weighted by Crippen LogP contribution is 2.32. The highest BCUT2D eigenvalue weighted by atomic mass is 79.9. The van der Waals surface area contributed by atoms with E-state index >= 15 is 0 Å². The Morgan fingerprint density at radius 3 is 2.29 bits per heavy atom. The quantitative estimate of drug-likeness (QED) is 0.519. The number of benzene rings is 1. The zero-order valence-electron chi connectivity index (χ0n) is 13.2. The molecule has 3 rings (SSSR count). The number of anilines is 2. The molecule has 0 aliphatic heterocycles. The number of nitrogens with zero attached hydrogens (tertiary/aromatic N) is 2. The van der Waals surface area contributed by atoms with E-state index in [-0.39, 0.29) is 0 Å². The number of ether oxygens (including phenoxy) is 1. The van der Waals surface area contributed by atoms with Gasteiger partial charge in [-0.1, -0.05) is 15.9 Å². The van der Waals surface area contributed by atoms with Gasteiger partial charge in [0.1, 0.15) is 23.1 Å². The van der Waals surface area contributed by atoms with Crippen LogP contribution in [-0.4, -0.2) is 9.97 Å². The van der Waals surface area contributed by atoms with Gasteiger partial charge in [-0.3, -0.25) is 0 Å². The monoisotopic (exact) mass is 447 g/mol. The topological polar surface area (TPSA) is 47.0 Å². The molecular formula is C18H15Br2N3O. The third-order valence-corrected chi connectivity index (χ3v) is 4.29. The summed E-state index contributed by atoms with van der Waals surface area (Å²) in [5, 5.41) is 3.17. The van der Waals surface area contributed by atoms with E-state index in [9.17, 15) is 0 Å². The molecule has 0 aliphatic carbocycles. The van der Waals surface area contributed by atoms with Crippen LogP contribution in [0.15, 0.2) is 57.7 Å². The van der Waals surface area contributed by atoms with Gasteiger partial charge in [-0.05, 0) is 71.2 Å². The maximum atomic E-state index is 6.06. The molecule has 3 aromatic rings. The normalized spacial score (nSPS) is 10.5. The van der Waals surface area contributed by atoms with E-state index in [0.717, 1.165) is 37.4 Å². The van der Waals surface area contributed by atoms with E-state index in [4.69, 9.17) is 4.74 Å². The Morgan fingerprint density at radius 2 is 1.62 bits per heavy atom. The molecule has 4 nitrogen and oxygen atoms in total. The minimum atomic E-state index is 0.676. The Hall–Kier alpha value is -1.92. The number of aromatic nitrogens is 2. The lowest BCUT2D eigenvalue weighted by atomic mass is 10.1. The highest BCUT2D eigenvalue weighted by Gasteiger charge is 2.08. The molecule has 0 radical (unpaired) electrons. The molecule has 6 heteroatoms. The van der Waals surface area contributed by atoms with Gasteiger partial charge in [0.15, 0.2) is 0 Å². The van der Waals surface area contributed by atoms with Gasteiger partial charge in [0.05, 0.1) is 0 Å². The predicted octanol–water partition coefficient (Wildman–Crippen LogP) is 6.15. The van der Waals surface area contributed by atoms with Crippen LogP contribution in [0.25, 0.3) is 0 Å². The maximum Gasteiger partial charge on any atom is 0.135 e. The summed E-state index contributed by atoms with van der Waals surface area (Å²) in [4.78, 5) is 8.59. The first-order valence-electron chi connectivity index (χ1n) is 7.30. The summed E-state index contributed by atoms with van der Waals surface area (Å²) in [7, 11) is 0. The molecule has 0 unspecified atom stereocenters. The van der Waals surface area contributed by atoms with Crippen molar-refractivity contribution >= 4 is 43.5 Å². The molecule has 24 heavy (non-hydrogen) atoms. The molecular weight excluding hydrogens is 434 g/mol. The van der Waals surface area contributed by atoms with Gasteiger partial charge in [0.2, 0.25) is 0 Å². The Morgan fingerprint density at radius 1 is 0.875 bits per heavy atom. The first-order chi connectivity index (χ1) is 11.5. The zero-order valence-corrected chi connectivity index (χ0v) is 16.3. The molecule has 2 aromatic heterocycles.